The van der Waals surface area contributed by atoms with Gasteiger partial charge in [0.25, 0.3) is 5.91 Å². The number of hydrogen-bond donors (Lipinski definition) is 0. The van der Waals surface area contributed by atoms with Crippen molar-refractivity contribution in [3.8, 4) is 0 Å². The number of likely N-dealkylation sites (tertiary alicyclic amines) is 1. The van der Waals surface area contributed by atoms with E-state index in [0.717, 1.165) is 50.1 Å². The number of aromatic nitrogens is 2. The van der Waals surface area contributed by atoms with Gasteiger partial charge in [-0.25, -0.2) is 4.98 Å². The summed E-state index contributed by atoms with van der Waals surface area (Å²) >= 11 is 0. The molecular weight excluding hydrogens is 396 g/mol. The number of carbonyl (C=O) groups excluding carboxylic acids is 1. The maximum Gasteiger partial charge on any atom is 0.254 e. The highest BCUT2D eigenvalue weighted by Gasteiger charge is 2.29. The van der Waals surface area contributed by atoms with E-state index < -0.39 is 0 Å². The molecule has 1 amide bonds. The summed E-state index contributed by atoms with van der Waals surface area (Å²) in [5, 5.41) is 0. The second kappa shape index (κ2) is 9.94. The Morgan fingerprint density at radius 2 is 1.78 bits per heavy atom. The van der Waals surface area contributed by atoms with E-state index in [4.69, 9.17) is 4.98 Å². The van der Waals surface area contributed by atoms with Crippen molar-refractivity contribution in [2.24, 2.45) is 5.92 Å². The summed E-state index contributed by atoms with van der Waals surface area (Å²) < 4.78 is 2.43. The molecule has 1 aliphatic heterocycles. The van der Waals surface area contributed by atoms with Crippen molar-refractivity contribution in [3.05, 3.63) is 29.6 Å². The molecule has 0 bridgehead atoms. The highest BCUT2D eigenvalue weighted by atomic mass is 16.2. The minimum Gasteiger partial charge on any atom is -0.336 e. The minimum absolute atomic E-state index is 0.165. The Morgan fingerprint density at radius 1 is 1.09 bits per heavy atom. The molecule has 1 saturated carbocycles. The van der Waals surface area contributed by atoms with E-state index >= 15 is 0 Å². The normalized spacial score (nSPS) is 19.0. The van der Waals surface area contributed by atoms with E-state index in [2.05, 4.69) is 61.1 Å². The van der Waals surface area contributed by atoms with Crippen LogP contribution in [0.5, 0.6) is 0 Å². The molecule has 2 aliphatic rings. The van der Waals surface area contributed by atoms with Crippen LogP contribution in [0.4, 0.5) is 0 Å². The number of benzene rings is 1. The van der Waals surface area contributed by atoms with Crippen LogP contribution < -0.4 is 0 Å². The van der Waals surface area contributed by atoms with Gasteiger partial charge in [-0.05, 0) is 70.6 Å². The first-order valence-electron chi connectivity index (χ1n) is 12.9. The number of rotatable bonds is 7. The molecule has 0 N–H and O–H groups in total. The van der Waals surface area contributed by atoms with E-state index in [9.17, 15) is 4.79 Å². The van der Waals surface area contributed by atoms with Crippen molar-refractivity contribution < 1.29 is 4.79 Å². The lowest BCUT2D eigenvalue weighted by atomic mass is 10.0. The fourth-order valence-corrected chi connectivity index (χ4v) is 5.78. The number of piperidine rings is 1. The maximum atomic E-state index is 13.5. The van der Waals surface area contributed by atoms with E-state index in [1.165, 1.54) is 37.0 Å². The first kappa shape index (κ1) is 23.3. The van der Waals surface area contributed by atoms with Crippen LogP contribution in [-0.2, 0) is 6.54 Å². The molecule has 0 spiro atoms. The van der Waals surface area contributed by atoms with Gasteiger partial charge in [0.1, 0.15) is 5.82 Å². The maximum absolute atomic E-state index is 13.5. The smallest absolute Gasteiger partial charge is 0.254 e. The summed E-state index contributed by atoms with van der Waals surface area (Å²) in [6, 6.07) is 7.16. The lowest BCUT2D eigenvalue weighted by Gasteiger charge is -2.39. The van der Waals surface area contributed by atoms with Gasteiger partial charge in [-0.2, -0.15) is 0 Å². The van der Waals surface area contributed by atoms with Crippen LogP contribution in [0.2, 0.25) is 0 Å². The first-order valence-corrected chi connectivity index (χ1v) is 12.9. The minimum atomic E-state index is 0.165. The number of hydrogen-bond acceptors (Lipinski definition) is 3. The summed E-state index contributed by atoms with van der Waals surface area (Å²) in [6.45, 7) is 15.1. The molecule has 4 rings (SSSR count). The fourth-order valence-electron chi connectivity index (χ4n) is 5.78. The average Bonchev–Trinajstić information content (AvgIpc) is 3.42. The zero-order valence-electron chi connectivity index (χ0n) is 20.8. The van der Waals surface area contributed by atoms with Crippen molar-refractivity contribution in [1.82, 2.24) is 19.4 Å². The lowest BCUT2D eigenvalue weighted by molar-refractivity contribution is 0.0558. The van der Waals surface area contributed by atoms with Crippen molar-refractivity contribution in [2.75, 3.05) is 19.6 Å². The molecule has 5 nitrogen and oxygen atoms in total. The highest BCUT2D eigenvalue weighted by Crippen LogP contribution is 2.36. The van der Waals surface area contributed by atoms with Crippen molar-refractivity contribution >= 4 is 16.9 Å². The summed E-state index contributed by atoms with van der Waals surface area (Å²) in [5.74, 6) is 2.54. The van der Waals surface area contributed by atoms with E-state index in [1.54, 1.807) is 0 Å². The quantitative estimate of drug-likeness (QED) is 0.558. The van der Waals surface area contributed by atoms with Gasteiger partial charge in [0, 0.05) is 49.7 Å². The molecule has 0 unspecified atom stereocenters. The molecule has 176 valence electrons. The Labute approximate surface area is 194 Å². The van der Waals surface area contributed by atoms with Crippen LogP contribution >= 0.6 is 0 Å². The van der Waals surface area contributed by atoms with Gasteiger partial charge in [-0.1, -0.05) is 26.7 Å². The molecule has 2 fully saturated rings. The number of imidazole rings is 1. The summed E-state index contributed by atoms with van der Waals surface area (Å²) in [4.78, 5) is 23.3. The third-order valence-corrected chi connectivity index (χ3v) is 7.56. The predicted molar refractivity (Wildman–Crippen MR) is 132 cm³/mol. The number of nitrogens with zero attached hydrogens (tertiary/aromatic N) is 4. The average molecular weight is 439 g/mol. The second-order valence-electron chi connectivity index (χ2n) is 10.6. The third kappa shape index (κ3) is 4.73. The molecule has 32 heavy (non-hydrogen) atoms. The van der Waals surface area contributed by atoms with Gasteiger partial charge >= 0.3 is 0 Å². The van der Waals surface area contributed by atoms with Gasteiger partial charge in [0.2, 0.25) is 0 Å². The number of amides is 1. The predicted octanol–water partition coefficient (Wildman–Crippen LogP) is 5.68. The Kier molecular flexibility index (Phi) is 7.24. The molecule has 5 heteroatoms. The monoisotopic (exact) mass is 438 g/mol. The van der Waals surface area contributed by atoms with Crippen molar-refractivity contribution in [3.63, 3.8) is 0 Å². The van der Waals surface area contributed by atoms with Crippen LogP contribution in [0, 0.1) is 5.92 Å². The number of carbonyl (C=O) groups is 1. The Morgan fingerprint density at radius 3 is 2.38 bits per heavy atom. The molecule has 1 aromatic carbocycles. The molecular formula is C27H42N4O. The second-order valence-corrected chi connectivity index (χ2v) is 10.6. The molecule has 2 heterocycles. The summed E-state index contributed by atoms with van der Waals surface area (Å²) in [7, 11) is 0. The molecule has 0 atom stereocenters. The largest absolute Gasteiger partial charge is 0.336 e. The standard InChI is InChI=1S/C27H42N4O/c1-6-30(23-13-15-29(16-14-23)20(4)5)27(32)22-11-12-25-24(17-22)28-26(21-9-7-8-10-21)31(25)18-19(2)3/h11-12,17,19-21,23H,6-10,13-16,18H2,1-5H3. The summed E-state index contributed by atoms with van der Waals surface area (Å²) in [6.07, 6.45) is 7.22. The van der Waals surface area contributed by atoms with Crippen molar-refractivity contribution in [1.29, 1.82) is 0 Å². The van der Waals surface area contributed by atoms with E-state index in [-0.39, 0.29) is 5.91 Å². The van der Waals surface area contributed by atoms with Gasteiger partial charge in [-0.3, -0.25) is 4.79 Å². The summed E-state index contributed by atoms with van der Waals surface area (Å²) in [5.41, 5.74) is 2.97. The van der Waals surface area contributed by atoms with Gasteiger partial charge < -0.3 is 14.4 Å². The molecule has 1 saturated heterocycles. The molecule has 0 radical (unpaired) electrons. The first-order chi connectivity index (χ1) is 15.4. The van der Waals surface area contributed by atoms with Gasteiger partial charge in [-0.15, -0.1) is 0 Å². The van der Waals surface area contributed by atoms with Gasteiger partial charge in [0.15, 0.2) is 0 Å². The van der Waals surface area contributed by atoms with Crippen LogP contribution in [0.25, 0.3) is 11.0 Å². The third-order valence-electron chi connectivity index (χ3n) is 7.56. The number of fused-ring (bicyclic) bond motifs is 1. The highest BCUT2D eigenvalue weighted by molar-refractivity contribution is 5.97. The van der Waals surface area contributed by atoms with Crippen LogP contribution in [0.1, 0.15) is 95.2 Å². The van der Waals surface area contributed by atoms with Crippen LogP contribution in [0.15, 0.2) is 18.2 Å². The van der Waals surface area contributed by atoms with E-state index in [1.807, 2.05) is 6.07 Å². The fraction of sp³-hybridized carbons (Fsp3) is 0.704. The zero-order chi connectivity index (χ0) is 22.8. The lowest BCUT2D eigenvalue weighted by Crippen LogP contribution is -2.48. The SMILES string of the molecule is CCN(C(=O)c1ccc2c(c1)nc(C1CCCC1)n2CC(C)C)C1CCN(C(C)C)CC1. The Bertz CT molecular complexity index is 917. The zero-order valence-corrected chi connectivity index (χ0v) is 20.8. The Hall–Kier alpha value is -1.88. The van der Waals surface area contributed by atoms with E-state index in [0.29, 0.717) is 23.9 Å². The molecule has 2 aromatic rings. The van der Waals surface area contributed by atoms with Crippen LogP contribution in [0.3, 0.4) is 0 Å². The van der Waals surface area contributed by atoms with Crippen LogP contribution in [-0.4, -0.2) is 57.0 Å². The van der Waals surface area contributed by atoms with Gasteiger partial charge in [0.05, 0.1) is 11.0 Å². The van der Waals surface area contributed by atoms with Crippen molar-refractivity contribution in [2.45, 2.75) is 97.7 Å². The molecule has 1 aliphatic carbocycles. The topological polar surface area (TPSA) is 41.4 Å². The Balaban J connectivity index is 1.59. The molecule has 1 aromatic heterocycles.